The molecule has 0 saturated heterocycles. The van der Waals surface area contributed by atoms with Crippen molar-refractivity contribution in [1.29, 1.82) is 0 Å². The van der Waals surface area contributed by atoms with Gasteiger partial charge in [0.2, 0.25) is 5.91 Å². The smallest absolute Gasteiger partial charge is 0.233 e. The van der Waals surface area contributed by atoms with Crippen LogP contribution in [0.4, 0.5) is 5.13 Å². The van der Waals surface area contributed by atoms with E-state index in [4.69, 9.17) is 9.72 Å². The third kappa shape index (κ3) is 4.59. The standard InChI is InChI=1S/C28H24N2O2S/c1-2-32-24-13-8-14-25-27(24)29-28(33-25)30(19-20-9-4-3-5-10-20)26(31)18-21-15-16-22-11-6-7-12-23(22)17-21/h3-17H,2,18-19H2,1H3. The van der Waals surface area contributed by atoms with Gasteiger partial charge in [0.1, 0.15) is 11.3 Å². The van der Waals surface area contributed by atoms with Crippen LogP contribution in [0.5, 0.6) is 5.75 Å². The number of anilines is 1. The van der Waals surface area contributed by atoms with Crippen LogP contribution in [0.2, 0.25) is 0 Å². The Kier molecular flexibility index (Phi) is 6.05. The molecule has 5 heteroatoms. The highest BCUT2D eigenvalue weighted by Gasteiger charge is 2.22. The van der Waals surface area contributed by atoms with Gasteiger partial charge < -0.3 is 4.74 Å². The van der Waals surface area contributed by atoms with Crippen LogP contribution in [0, 0.1) is 0 Å². The molecule has 0 N–H and O–H groups in total. The number of fused-ring (bicyclic) bond motifs is 2. The number of hydrogen-bond acceptors (Lipinski definition) is 4. The summed E-state index contributed by atoms with van der Waals surface area (Å²) in [6, 6.07) is 30.4. The molecule has 0 radical (unpaired) electrons. The number of thiazole rings is 1. The second-order valence-corrected chi connectivity index (χ2v) is 8.87. The molecule has 5 aromatic rings. The fourth-order valence-electron chi connectivity index (χ4n) is 3.95. The first-order valence-electron chi connectivity index (χ1n) is 11.1. The van der Waals surface area contributed by atoms with Crippen molar-refractivity contribution in [3.05, 3.63) is 102 Å². The number of amides is 1. The maximum atomic E-state index is 13.6. The van der Waals surface area contributed by atoms with Crippen molar-refractivity contribution in [3.63, 3.8) is 0 Å². The zero-order chi connectivity index (χ0) is 22.6. The second-order valence-electron chi connectivity index (χ2n) is 7.86. The number of aromatic nitrogens is 1. The van der Waals surface area contributed by atoms with E-state index in [-0.39, 0.29) is 5.91 Å². The number of rotatable bonds is 7. The Labute approximate surface area is 197 Å². The Morgan fingerprint density at radius 1 is 0.879 bits per heavy atom. The minimum Gasteiger partial charge on any atom is -0.492 e. The van der Waals surface area contributed by atoms with Gasteiger partial charge in [0, 0.05) is 0 Å². The zero-order valence-electron chi connectivity index (χ0n) is 18.4. The van der Waals surface area contributed by atoms with E-state index < -0.39 is 0 Å². The number of para-hydroxylation sites is 1. The Balaban J connectivity index is 1.50. The van der Waals surface area contributed by atoms with Crippen molar-refractivity contribution in [2.24, 2.45) is 0 Å². The molecule has 0 aliphatic rings. The second kappa shape index (κ2) is 9.43. The summed E-state index contributed by atoms with van der Waals surface area (Å²) in [4.78, 5) is 20.2. The number of carbonyl (C=O) groups is 1. The molecule has 1 aromatic heterocycles. The van der Waals surface area contributed by atoms with Crippen molar-refractivity contribution < 1.29 is 9.53 Å². The molecule has 0 unspecified atom stereocenters. The summed E-state index contributed by atoms with van der Waals surface area (Å²) < 4.78 is 6.78. The van der Waals surface area contributed by atoms with Gasteiger partial charge in [-0.15, -0.1) is 0 Å². The van der Waals surface area contributed by atoms with Crippen LogP contribution in [0.15, 0.2) is 91.0 Å². The van der Waals surface area contributed by atoms with E-state index in [0.29, 0.717) is 24.7 Å². The van der Waals surface area contributed by atoms with Gasteiger partial charge in [0.15, 0.2) is 5.13 Å². The van der Waals surface area contributed by atoms with E-state index in [2.05, 4.69) is 24.3 Å². The number of carbonyl (C=O) groups excluding carboxylic acids is 1. The van der Waals surface area contributed by atoms with Crippen molar-refractivity contribution >= 4 is 43.4 Å². The van der Waals surface area contributed by atoms with Crippen LogP contribution in [-0.2, 0) is 17.8 Å². The Bertz CT molecular complexity index is 1410. The molecular weight excluding hydrogens is 428 g/mol. The van der Waals surface area contributed by atoms with Crippen LogP contribution in [0.3, 0.4) is 0 Å². The Hall–Kier alpha value is -3.70. The Morgan fingerprint density at radius 2 is 1.67 bits per heavy atom. The van der Waals surface area contributed by atoms with Crippen molar-refractivity contribution in [2.45, 2.75) is 19.9 Å². The summed E-state index contributed by atoms with van der Waals surface area (Å²) >= 11 is 1.52. The molecule has 0 saturated carbocycles. The predicted octanol–water partition coefficient (Wildman–Crippen LogP) is 6.62. The number of nitrogens with zero attached hydrogens (tertiary/aromatic N) is 2. The van der Waals surface area contributed by atoms with Gasteiger partial charge in [-0.25, -0.2) is 4.98 Å². The molecule has 1 heterocycles. The molecule has 4 nitrogen and oxygen atoms in total. The van der Waals surface area contributed by atoms with Crippen LogP contribution >= 0.6 is 11.3 Å². The molecule has 4 aromatic carbocycles. The molecule has 164 valence electrons. The largest absolute Gasteiger partial charge is 0.492 e. The highest BCUT2D eigenvalue weighted by atomic mass is 32.1. The van der Waals surface area contributed by atoms with Gasteiger partial charge in [-0.3, -0.25) is 9.69 Å². The van der Waals surface area contributed by atoms with E-state index in [0.717, 1.165) is 32.5 Å². The van der Waals surface area contributed by atoms with Gasteiger partial charge in [-0.2, -0.15) is 0 Å². The van der Waals surface area contributed by atoms with Gasteiger partial charge in [-0.05, 0) is 41.0 Å². The lowest BCUT2D eigenvalue weighted by molar-refractivity contribution is -0.118. The zero-order valence-corrected chi connectivity index (χ0v) is 19.2. The molecule has 33 heavy (non-hydrogen) atoms. The molecule has 0 spiro atoms. The monoisotopic (exact) mass is 452 g/mol. The number of ether oxygens (including phenoxy) is 1. The normalized spacial score (nSPS) is 11.1. The van der Waals surface area contributed by atoms with E-state index in [1.54, 1.807) is 4.90 Å². The summed E-state index contributed by atoms with van der Waals surface area (Å²) in [5, 5.41) is 3.00. The lowest BCUT2D eigenvalue weighted by atomic mass is 10.0. The number of hydrogen-bond donors (Lipinski definition) is 0. The average molecular weight is 453 g/mol. The van der Waals surface area contributed by atoms with E-state index in [1.807, 2.05) is 73.7 Å². The molecule has 0 bridgehead atoms. The van der Waals surface area contributed by atoms with Gasteiger partial charge in [0.05, 0.1) is 24.3 Å². The quantitative estimate of drug-likeness (QED) is 0.278. The van der Waals surface area contributed by atoms with E-state index in [1.165, 1.54) is 16.7 Å². The van der Waals surface area contributed by atoms with Crippen LogP contribution in [0.1, 0.15) is 18.1 Å². The van der Waals surface area contributed by atoms with Crippen LogP contribution in [0.25, 0.3) is 21.0 Å². The summed E-state index contributed by atoms with van der Waals surface area (Å²) in [5.74, 6) is 0.769. The third-order valence-corrected chi connectivity index (χ3v) is 6.60. The average Bonchev–Trinajstić information content (AvgIpc) is 3.28. The maximum Gasteiger partial charge on any atom is 0.233 e. The molecule has 1 amide bonds. The minimum atomic E-state index is 0.0196. The van der Waals surface area contributed by atoms with Gasteiger partial charge in [0.25, 0.3) is 0 Å². The Morgan fingerprint density at radius 3 is 2.48 bits per heavy atom. The third-order valence-electron chi connectivity index (χ3n) is 5.56. The first kappa shape index (κ1) is 21.2. The minimum absolute atomic E-state index is 0.0196. The van der Waals surface area contributed by atoms with Crippen LogP contribution in [-0.4, -0.2) is 17.5 Å². The topological polar surface area (TPSA) is 42.4 Å². The molecule has 0 atom stereocenters. The lowest BCUT2D eigenvalue weighted by Gasteiger charge is -2.20. The summed E-state index contributed by atoms with van der Waals surface area (Å²) in [6.07, 6.45) is 0.311. The van der Waals surface area contributed by atoms with E-state index in [9.17, 15) is 4.79 Å². The maximum absolute atomic E-state index is 13.6. The summed E-state index contributed by atoms with van der Waals surface area (Å²) in [6.45, 7) is 3.00. The predicted molar refractivity (Wildman–Crippen MR) is 136 cm³/mol. The molecular formula is C28H24N2O2S. The molecule has 0 aliphatic heterocycles. The van der Waals surface area contributed by atoms with E-state index >= 15 is 0 Å². The van der Waals surface area contributed by atoms with Crippen molar-refractivity contribution in [1.82, 2.24) is 4.98 Å². The SMILES string of the molecule is CCOc1cccc2sc(N(Cc3ccccc3)C(=O)Cc3ccc4ccccc4c3)nc12. The fourth-order valence-corrected chi connectivity index (χ4v) is 4.95. The first-order valence-corrected chi connectivity index (χ1v) is 11.9. The molecule has 0 aliphatic carbocycles. The van der Waals surface area contributed by atoms with Crippen molar-refractivity contribution in [2.75, 3.05) is 11.5 Å². The summed E-state index contributed by atoms with van der Waals surface area (Å²) in [5.41, 5.74) is 2.86. The van der Waals surface area contributed by atoms with Gasteiger partial charge in [-0.1, -0.05) is 90.2 Å². The highest BCUT2D eigenvalue weighted by Crippen LogP contribution is 2.35. The fraction of sp³-hybridized carbons (Fsp3) is 0.143. The van der Waals surface area contributed by atoms with Gasteiger partial charge >= 0.3 is 0 Å². The lowest BCUT2D eigenvalue weighted by Crippen LogP contribution is -2.31. The molecule has 5 rings (SSSR count). The highest BCUT2D eigenvalue weighted by molar-refractivity contribution is 7.22. The van der Waals surface area contributed by atoms with Crippen LogP contribution < -0.4 is 9.64 Å². The first-order chi connectivity index (χ1) is 16.2. The molecule has 0 fully saturated rings. The summed E-state index contributed by atoms with van der Waals surface area (Å²) in [7, 11) is 0. The van der Waals surface area contributed by atoms with Crippen molar-refractivity contribution in [3.8, 4) is 5.75 Å². The number of benzene rings is 4.